The Morgan fingerprint density at radius 2 is 2.04 bits per heavy atom. The summed E-state index contributed by atoms with van der Waals surface area (Å²) in [5.74, 6) is 0.248. The fourth-order valence-electron chi connectivity index (χ4n) is 3.82. The molecule has 0 unspecified atom stereocenters. The number of ether oxygens (including phenoxy) is 1. The van der Waals surface area contributed by atoms with Gasteiger partial charge in [-0.25, -0.2) is 4.79 Å². The summed E-state index contributed by atoms with van der Waals surface area (Å²) in [4.78, 5) is 13.1. The summed E-state index contributed by atoms with van der Waals surface area (Å²) < 4.78 is 7.51. The van der Waals surface area contributed by atoms with Crippen LogP contribution in [0.2, 0.25) is 0 Å². The third kappa shape index (κ3) is 3.09. The molecule has 7 heteroatoms. The van der Waals surface area contributed by atoms with Gasteiger partial charge in [-0.15, -0.1) is 0 Å². The SMILES string of the molecule is CC1=C(C(=O)OC2CCCCC2)[C@@H](c2cccc(C)c2)n2nnnc2N1. The summed E-state index contributed by atoms with van der Waals surface area (Å²) in [5, 5.41) is 15.0. The van der Waals surface area contributed by atoms with Gasteiger partial charge in [-0.2, -0.15) is 4.68 Å². The molecular weight excluding hydrogens is 330 g/mol. The minimum absolute atomic E-state index is 0.00461. The molecule has 0 bridgehead atoms. The van der Waals surface area contributed by atoms with Gasteiger partial charge in [0, 0.05) is 5.70 Å². The molecule has 26 heavy (non-hydrogen) atoms. The number of aryl methyl sites for hydroxylation is 1. The highest BCUT2D eigenvalue weighted by Gasteiger charge is 2.36. The second-order valence-electron chi connectivity index (χ2n) is 7.09. The highest BCUT2D eigenvalue weighted by atomic mass is 16.5. The number of fused-ring (bicyclic) bond motifs is 1. The second-order valence-corrected chi connectivity index (χ2v) is 7.09. The number of rotatable bonds is 3. The number of hydrogen-bond acceptors (Lipinski definition) is 6. The summed E-state index contributed by atoms with van der Waals surface area (Å²) in [6.07, 6.45) is 5.34. The lowest BCUT2D eigenvalue weighted by Crippen LogP contribution is -2.32. The molecule has 1 saturated carbocycles. The van der Waals surface area contributed by atoms with Gasteiger partial charge in [-0.3, -0.25) is 0 Å². The van der Waals surface area contributed by atoms with Crippen molar-refractivity contribution in [3.63, 3.8) is 0 Å². The lowest BCUT2D eigenvalue weighted by Gasteiger charge is -2.29. The topological polar surface area (TPSA) is 81.9 Å². The number of esters is 1. The molecular formula is C19H23N5O2. The first kappa shape index (κ1) is 16.8. The van der Waals surface area contributed by atoms with Crippen molar-refractivity contribution in [2.24, 2.45) is 0 Å². The molecule has 1 aliphatic carbocycles. The van der Waals surface area contributed by atoms with E-state index in [0.717, 1.165) is 42.5 Å². The predicted octanol–water partition coefficient (Wildman–Crippen LogP) is 3.15. The fraction of sp³-hybridized carbons (Fsp3) is 0.474. The summed E-state index contributed by atoms with van der Waals surface area (Å²) in [5.41, 5.74) is 3.39. The number of benzene rings is 1. The molecule has 7 nitrogen and oxygen atoms in total. The molecule has 1 aromatic heterocycles. The first-order valence-corrected chi connectivity index (χ1v) is 9.16. The van der Waals surface area contributed by atoms with Gasteiger partial charge in [0.2, 0.25) is 5.95 Å². The summed E-state index contributed by atoms with van der Waals surface area (Å²) >= 11 is 0. The van der Waals surface area contributed by atoms with Crippen molar-refractivity contribution in [1.82, 2.24) is 20.2 Å². The van der Waals surface area contributed by atoms with Crippen molar-refractivity contribution in [3.8, 4) is 0 Å². The number of carbonyl (C=O) groups is 1. The smallest absolute Gasteiger partial charge is 0.338 e. The number of anilines is 1. The number of hydrogen-bond donors (Lipinski definition) is 1. The van der Waals surface area contributed by atoms with Crippen LogP contribution in [0.25, 0.3) is 0 Å². The molecule has 1 aromatic carbocycles. The van der Waals surface area contributed by atoms with E-state index in [1.807, 2.05) is 32.0 Å². The molecule has 2 aromatic rings. The van der Waals surface area contributed by atoms with Crippen LogP contribution in [-0.2, 0) is 9.53 Å². The maximum Gasteiger partial charge on any atom is 0.338 e. The van der Waals surface area contributed by atoms with Gasteiger partial charge < -0.3 is 10.1 Å². The quantitative estimate of drug-likeness (QED) is 0.854. The molecule has 4 rings (SSSR count). The summed E-state index contributed by atoms with van der Waals surface area (Å²) in [6.45, 7) is 3.90. The first-order valence-electron chi connectivity index (χ1n) is 9.16. The van der Waals surface area contributed by atoms with Gasteiger partial charge in [-0.1, -0.05) is 41.3 Å². The Bertz CT molecular complexity index is 851. The first-order chi connectivity index (χ1) is 12.6. The minimum atomic E-state index is -0.391. The van der Waals surface area contributed by atoms with Crippen LogP contribution in [-0.4, -0.2) is 32.3 Å². The number of aromatic nitrogens is 4. The molecule has 1 fully saturated rings. The van der Waals surface area contributed by atoms with Crippen LogP contribution in [0.5, 0.6) is 0 Å². The number of carbonyl (C=O) groups excluding carboxylic acids is 1. The molecule has 0 amide bonds. The number of tetrazole rings is 1. The minimum Gasteiger partial charge on any atom is -0.459 e. The normalized spacial score (nSPS) is 20.5. The third-order valence-corrected chi connectivity index (χ3v) is 5.12. The Labute approximate surface area is 152 Å². The number of allylic oxidation sites excluding steroid dienone is 1. The van der Waals surface area contributed by atoms with Crippen LogP contribution < -0.4 is 5.32 Å². The van der Waals surface area contributed by atoms with E-state index < -0.39 is 6.04 Å². The van der Waals surface area contributed by atoms with Crippen LogP contribution in [0.1, 0.15) is 56.2 Å². The van der Waals surface area contributed by atoms with E-state index in [1.165, 1.54) is 6.42 Å². The lowest BCUT2D eigenvalue weighted by atomic mass is 9.94. The molecule has 0 spiro atoms. The molecule has 136 valence electrons. The van der Waals surface area contributed by atoms with Gasteiger partial charge in [0.1, 0.15) is 12.1 Å². The average Bonchev–Trinajstić information content (AvgIpc) is 3.09. The Balaban J connectivity index is 1.71. The fourth-order valence-corrected chi connectivity index (χ4v) is 3.82. The molecule has 0 radical (unpaired) electrons. The highest BCUT2D eigenvalue weighted by molar-refractivity contribution is 5.92. The predicted molar refractivity (Wildman–Crippen MR) is 96.4 cm³/mol. The van der Waals surface area contributed by atoms with E-state index in [-0.39, 0.29) is 12.1 Å². The standard InChI is InChI=1S/C19H23N5O2/c1-12-7-6-8-14(11-12)17-16(13(2)20-19-21-22-23-24(17)19)18(25)26-15-9-4-3-5-10-15/h6-8,11,15,17H,3-5,9-10H2,1-2H3,(H,20,21,23)/t17-/m1/s1. The monoisotopic (exact) mass is 353 g/mol. The van der Waals surface area contributed by atoms with Crippen molar-refractivity contribution < 1.29 is 9.53 Å². The van der Waals surface area contributed by atoms with Crippen molar-refractivity contribution in [3.05, 3.63) is 46.7 Å². The maximum absolute atomic E-state index is 13.1. The van der Waals surface area contributed by atoms with Gasteiger partial charge in [-0.05, 0) is 55.5 Å². The van der Waals surface area contributed by atoms with Crippen LogP contribution in [0.4, 0.5) is 5.95 Å². The van der Waals surface area contributed by atoms with Crippen molar-refractivity contribution >= 4 is 11.9 Å². The van der Waals surface area contributed by atoms with Gasteiger partial charge >= 0.3 is 5.97 Å². The van der Waals surface area contributed by atoms with E-state index >= 15 is 0 Å². The second kappa shape index (κ2) is 6.90. The lowest BCUT2D eigenvalue weighted by molar-refractivity contribution is -0.146. The van der Waals surface area contributed by atoms with Crippen LogP contribution in [0, 0.1) is 6.92 Å². The Morgan fingerprint density at radius 3 is 2.81 bits per heavy atom. The van der Waals surface area contributed by atoms with Gasteiger partial charge in [0.05, 0.1) is 5.57 Å². The van der Waals surface area contributed by atoms with Crippen molar-refractivity contribution in [2.75, 3.05) is 5.32 Å². The number of nitrogens with zero attached hydrogens (tertiary/aromatic N) is 4. The van der Waals surface area contributed by atoms with Crippen LogP contribution >= 0.6 is 0 Å². The largest absolute Gasteiger partial charge is 0.459 e. The summed E-state index contributed by atoms with van der Waals surface area (Å²) in [6, 6.07) is 7.67. The zero-order valence-electron chi connectivity index (χ0n) is 15.1. The Hall–Kier alpha value is -2.70. The van der Waals surface area contributed by atoms with Crippen molar-refractivity contribution in [1.29, 1.82) is 0 Å². The van der Waals surface area contributed by atoms with Crippen molar-refractivity contribution in [2.45, 2.75) is 58.1 Å². The van der Waals surface area contributed by atoms with Gasteiger partial charge in [0.25, 0.3) is 0 Å². The molecule has 2 aliphatic rings. The molecule has 0 saturated heterocycles. The van der Waals surface area contributed by atoms with Crippen LogP contribution in [0.15, 0.2) is 35.5 Å². The Kier molecular flexibility index (Phi) is 4.44. The maximum atomic E-state index is 13.1. The molecule has 1 aliphatic heterocycles. The third-order valence-electron chi connectivity index (χ3n) is 5.12. The van der Waals surface area contributed by atoms with E-state index in [4.69, 9.17) is 4.74 Å². The molecule has 1 N–H and O–H groups in total. The number of nitrogens with one attached hydrogen (secondary N) is 1. The summed E-state index contributed by atoms with van der Waals surface area (Å²) in [7, 11) is 0. The van der Waals surface area contributed by atoms with Crippen LogP contribution in [0.3, 0.4) is 0 Å². The van der Waals surface area contributed by atoms with E-state index in [0.29, 0.717) is 11.5 Å². The van der Waals surface area contributed by atoms with E-state index in [1.54, 1.807) is 4.68 Å². The zero-order chi connectivity index (χ0) is 18.1. The molecule has 2 heterocycles. The Morgan fingerprint density at radius 1 is 1.23 bits per heavy atom. The average molecular weight is 353 g/mol. The van der Waals surface area contributed by atoms with E-state index in [9.17, 15) is 4.79 Å². The van der Waals surface area contributed by atoms with E-state index in [2.05, 4.69) is 26.9 Å². The van der Waals surface area contributed by atoms with Gasteiger partial charge in [0.15, 0.2) is 0 Å². The zero-order valence-corrected chi connectivity index (χ0v) is 15.1. The highest BCUT2D eigenvalue weighted by Crippen LogP contribution is 2.35. The molecule has 1 atom stereocenters.